The van der Waals surface area contributed by atoms with Gasteiger partial charge in [-0.05, 0) is 57.8 Å². The number of allylic oxidation sites excluding steroid dienone is 10. The van der Waals surface area contributed by atoms with E-state index in [-0.39, 0.29) is 32.3 Å². The zero-order chi connectivity index (χ0) is 43.0. The fourth-order valence-electron chi connectivity index (χ4n) is 6.67. The Morgan fingerprint density at radius 2 is 0.949 bits per heavy atom. The Hall–Kier alpha value is -1.80. The number of phosphoric ester groups is 1. The number of phosphoric acid groups is 1. The van der Waals surface area contributed by atoms with Crippen LogP contribution in [0.3, 0.4) is 0 Å². The minimum atomic E-state index is -4.28. The van der Waals surface area contributed by atoms with E-state index in [1.54, 1.807) is 0 Å². The first-order valence-electron chi connectivity index (χ1n) is 24.3. The van der Waals surface area contributed by atoms with Crippen LogP contribution in [0.1, 0.15) is 213 Å². The van der Waals surface area contributed by atoms with E-state index in [0.717, 1.165) is 70.6 Å². The Labute approximate surface area is 363 Å². The van der Waals surface area contributed by atoms with Crippen LogP contribution in [-0.2, 0) is 27.9 Å². The normalized spacial score (nSPS) is 13.9. The number of rotatable bonds is 46. The summed E-state index contributed by atoms with van der Waals surface area (Å²) in [5.74, 6) is -0.340. The Morgan fingerprint density at radius 1 is 0.525 bits per heavy atom. The smallest absolute Gasteiger partial charge is 0.457 e. The van der Waals surface area contributed by atoms with Crippen LogP contribution in [0.5, 0.6) is 0 Å². The molecule has 3 N–H and O–H groups in total. The Bertz CT molecular complexity index is 1090. The van der Waals surface area contributed by atoms with Gasteiger partial charge in [0.1, 0.15) is 6.10 Å². The third-order valence-corrected chi connectivity index (χ3v) is 11.2. The Kier molecular flexibility index (Phi) is 45.8. The molecule has 344 valence electrons. The van der Waals surface area contributed by atoms with Crippen molar-refractivity contribution in [3.05, 3.63) is 60.8 Å². The predicted octanol–water partition coefficient (Wildman–Crippen LogP) is 14.9. The van der Waals surface area contributed by atoms with E-state index >= 15 is 0 Å². The van der Waals surface area contributed by atoms with E-state index in [9.17, 15) is 14.3 Å². The van der Waals surface area contributed by atoms with Crippen molar-refractivity contribution in [3.8, 4) is 0 Å². The van der Waals surface area contributed by atoms with E-state index in [4.69, 9.17) is 24.3 Å². The summed E-state index contributed by atoms with van der Waals surface area (Å²) in [6, 6.07) is 0. The third-order valence-electron chi connectivity index (χ3n) is 10.2. The number of esters is 1. The van der Waals surface area contributed by atoms with Gasteiger partial charge in [-0.3, -0.25) is 13.8 Å². The molecule has 0 saturated heterocycles. The second-order valence-electron chi connectivity index (χ2n) is 16.0. The van der Waals surface area contributed by atoms with Crippen LogP contribution in [0.2, 0.25) is 0 Å². The predicted molar refractivity (Wildman–Crippen MR) is 252 cm³/mol. The van der Waals surface area contributed by atoms with Gasteiger partial charge in [0.2, 0.25) is 0 Å². The van der Waals surface area contributed by atoms with Gasteiger partial charge in [-0.25, -0.2) is 4.57 Å². The quantitative estimate of drug-likeness (QED) is 0.0269. The van der Waals surface area contributed by atoms with Gasteiger partial charge in [0.05, 0.1) is 19.8 Å². The third kappa shape index (κ3) is 47.1. The Balaban J connectivity index is 4.00. The highest BCUT2D eigenvalue weighted by Crippen LogP contribution is 2.43. The average molecular weight is 850 g/mol. The topological polar surface area (TPSA) is 117 Å². The molecule has 0 bridgehead atoms. The number of unbranched alkanes of at least 4 members (excludes halogenated alkanes) is 23. The molecule has 2 atom stereocenters. The lowest BCUT2D eigenvalue weighted by molar-refractivity contribution is -0.154. The van der Waals surface area contributed by atoms with Crippen molar-refractivity contribution in [1.82, 2.24) is 0 Å². The summed E-state index contributed by atoms with van der Waals surface area (Å²) < 4.78 is 33.5. The molecule has 9 heteroatoms. The second-order valence-corrected chi connectivity index (χ2v) is 17.4. The molecule has 8 nitrogen and oxygen atoms in total. The van der Waals surface area contributed by atoms with E-state index in [1.807, 2.05) is 0 Å². The molecule has 59 heavy (non-hydrogen) atoms. The summed E-state index contributed by atoms with van der Waals surface area (Å²) in [7, 11) is -4.28. The van der Waals surface area contributed by atoms with Gasteiger partial charge >= 0.3 is 13.8 Å². The van der Waals surface area contributed by atoms with Gasteiger partial charge < -0.3 is 20.1 Å². The van der Waals surface area contributed by atoms with Crippen molar-refractivity contribution < 1.29 is 32.8 Å². The molecule has 0 aliphatic rings. The Morgan fingerprint density at radius 3 is 1.42 bits per heavy atom. The van der Waals surface area contributed by atoms with E-state index < -0.39 is 13.9 Å². The van der Waals surface area contributed by atoms with Crippen LogP contribution in [-0.4, -0.2) is 49.9 Å². The average Bonchev–Trinajstić information content (AvgIpc) is 3.23. The molecule has 2 unspecified atom stereocenters. The molecular weight excluding hydrogens is 758 g/mol. The molecule has 0 radical (unpaired) electrons. The maximum absolute atomic E-state index is 12.6. The molecule has 0 aromatic carbocycles. The minimum absolute atomic E-state index is 0.0971. The van der Waals surface area contributed by atoms with Gasteiger partial charge in [-0.15, -0.1) is 0 Å². The van der Waals surface area contributed by atoms with E-state index in [2.05, 4.69) is 74.6 Å². The molecule has 0 spiro atoms. The standard InChI is InChI=1S/C50H92NO7P/c1-3-5-7-9-11-13-15-17-19-21-22-23-24-25-26-27-29-31-33-35-37-39-41-43-50(52)58-49(48-57-59(53,54)56-46-44-51)47-55-45-42-40-38-36-34-32-30-28-20-18-16-14-12-10-8-6-4-2/h5,7,11,13,17,19,22-23,25-26,49H,3-4,6,8-10,12,14-16,18,20-21,24,27-48,51H2,1-2H3,(H,53,54)/b7-5-,13-11-,19-17-,23-22-,26-25-. The lowest BCUT2D eigenvalue weighted by Crippen LogP contribution is -2.28. The van der Waals surface area contributed by atoms with Crippen molar-refractivity contribution in [2.75, 3.05) is 33.0 Å². The van der Waals surface area contributed by atoms with Crippen LogP contribution < -0.4 is 5.73 Å². The SMILES string of the molecule is CC/C=C\C/C=C\C/C=C\C/C=C\C/C=C\CCCCCCCCCC(=O)OC(COCCCCCCCCCCCCCCCCCCC)COP(=O)(O)OCCN. The first-order chi connectivity index (χ1) is 28.9. The largest absolute Gasteiger partial charge is 0.472 e. The van der Waals surface area contributed by atoms with Gasteiger partial charge in [0.25, 0.3) is 0 Å². The molecule has 0 amide bonds. The number of carbonyl (C=O) groups excluding carboxylic acids is 1. The van der Waals surface area contributed by atoms with Crippen molar-refractivity contribution in [1.29, 1.82) is 0 Å². The summed E-state index contributed by atoms with van der Waals surface area (Å²) >= 11 is 0. The van der Waals surface area contributed by atoms with Crippen LogP contribution in [0.25, 0.3) is 0 Å². The van der Waals surface area contributed by atoms with Crippen molar-refractivity contribution in [2.24, 2.45) is 5.73 Å². The first kappa shape index (κ1) is 57.2. The van der Waals surface area contributed by atoms with E-state index in [0.29, 0.717) is 13.0 Å². The number of hydrogen-bond donors (Lipinski definition) is 2. The van der Waals surface area contributed by atoms with Crippen molar-refractivity contribution in [2.45, 2.75) is 219 Å². The minimum Gasteiger partial charge on any atom is -0.457 e. The van der Waals surface area contributed by atoms with Gasteiger partial charge in [-0.2, -0.15) is 0 Å². The van der Waals surface area contributed by atoms with Gasteiger partial charge in [-0.1, -0.05) is 209 Å². The molecule has 0 fully saturated rings. The number of ether oxygens (including phenoxy) is 2. The molecule has 0 saturated carbocycles. The van der Waals surface area contributed by atoms with E-state index in [1.165, 1.54) is 122 Å². The maximum atomic E-state index is 12.6. The molecule has 0 rings (SSSR count). The zero-order valence-electron chi connectivity index (χ0n) is 38.2. The summed E-state index contributed by atoms with van der Waals surface area (Å²) in [4.78, 5) is 22.6. The summed E-state index contributed by atoms with van der Waals surface area (Å²) in [5.41, 5.74) is 5.38. The molecule has 0 aromatic rings. The lowest BCUT2D eigenvalue weighted by atomic mass is 10.0. The monoisotopic (exact) mass is 850 g/mol. The fraction of sp³-hybridized carbons (Fsp3) is 0.780. The first-order valence-corrected chi connectivity index (χ1v) is 25.8. The number of carbonyl (C=O) groups is 1. The highest BCUT2D eigenvalue weighted by molar-refractivity contribution is 7.47. The van der Waals surface area contributed by atoms with Gasteiger partial charge in [0, 0.05) is 19.6 Å². The van der Waals surface area contributed by atoms with Crippen LogP contribution in [0.15, 0.2) is 60.8 Å². The summed E-state index contributed by atoms with van der Waals surface area (Å²) in [6.07, 6.45) is 58.1. The van der Waals surface area contributed by atoms with Crippen LogP contribution in [0.4, 0.5) is 0 Å². The highest BCUT2D eigenvalue weighted by atomic mass is 31.2. The van der Waals surface area contributed by atoms with Crippen LogP contribution >= 0.6 is 7.82 Å². The molecule has 0 aliphatic carbocycles. The molecule has 0 aromatic heterocycles. The summed E-state index contributed by atoms with van der Waals surface area (Å²) in [5, 5.41) is 0. The molecule has 0 heterocycles. The zero-order valence-corrected chi connectivity index (χ0v) is 39.1. The highest BCUT2D eigenvalue weighted by Gasteiger charge is 2.25. The van der Waals surface area contributed by atoms with Gasteiger partial charge in [0.15, 0.2) is 0 Å². The molecular formula is C50H92NO7P. The second kappa shape index (κ2) is 47.3. The summed E-state index contributed by atoms with van der Waals surface area (Å²) in [6.45, 7) is 4.82. The number of hydrogen-bond acceptors (Lipinski definition) is 7. The number of nitrogens with two attached hydrogens (primary N) is 1. The van der Waals surface area contributed by atoms with Crippen molar-refractivity contribution >= 4 is 13.8 Å². The maximum Gasteiger partial charge on any atom is 0.472 e. The van der Waals surface area contributed by atoms with Crippen LogP contribution in [0, 0.1) is 0 Å². The fourth-order valence-corrected chi connectivity index (χ4v) is 7.44. The lowest BCUT2D eigenvalue weighted by Gasteiger charge is -2.20. The van der Waals surface area contributed by atoms with Crippen molar-refractivity contribution in [3.63, 3.8) is 0 Å². The molecule has 0 aliphatic heterocycles.